The fraction of sp³-hybridized carbons (Fsp3) is 0.636. The van der Waals surface area contributed by atoms with Crippen LogP contribution in [-0.4, -0.2) is 34.7 Å². The Morgan fingerprint density at radius 1 is 1.53 bits per heavy atom. The molecule has 19 heavy (non-hydrogen) atoms. The topological polar surface area (TPSA) is 80.6 Å². The predicted molar refractivity (Wildman–Crippen MR) is 75.4 cm³/mol. The SMILES string of the molecule is CCOC(C)CNS(=O)(=O)c1cc(CNC)oc1Br. The van der Waals surface area contributed by atoms with Crippen LogP contribution in [0.15, 0.2) is 20.0 Å². The van der Waals surface area contributed by atoms with E-state index in [1.807, 2.05) is 13.8 Å². The van der Waals surface area contributed by atoms with Crippen molar-refractivity contribution < 1.29 is 17.6 Å². The molecule has 1 heterocycles. The van der Waals surface area contributed by atoms with E-state index in [9.17, 15) is 8.42 Å². The standard InChI is InChI=1S/C11H19BrN2O4S/c1-4-17-8(2)6-14-19(15,16)10-5-9(7-13-3)18-11(10)12/h5,8,13-14H,4,6-7H2,1-3H3. The molecule has 8 heteroatoms. The van der Waals surface area contributed by atoms with E-state index in [1.54, 1.807) is 7.05 Å². The number of halogens is 1. The van der Waals surface area contributed by atoms with E-state index >= 15 is 0 Å². The van der Waals surface area contributed by atoms with Crippen LogP contribution < -0.4 is 10.0 Å². The van der Waals surface area contributed by atoms with Gasteiger partial charge in [0.2, 0.25) is 10.0 Å². The van der Waals surface area contributed by atoms with Gasteiger partial charge in [-0.25, -0.2) is 13.1 Å². The molecule has 0 aromatic carbocycles. The Morgan fingerprint density at radius 3 is 2.79 bits per heavy atom. The molecule has 110 valence electrons. The number of sulfonamides is 1. The van der Waals surface area contributed by atoms with Gasteiger partial charge in [0.1, 0.15) is 10.7 Å². The minimum atomic E-state index is -3.60. The number of ether oxygens (including phenoxy) is 1. The number of hydrogen-bond donors (Lipinski definition) is 2. The fourth-order valence-corrected chi connectivity index (χ4v) is 3.60. The molecule has 0 aliphatic carbocycles. The second-order valence-corrected chi connectivity index (χ2v) is 6.45. The first-order valence-electron chi connectivity index (χ1n) is 5.94. The van der Waals surface area contributed by atoms with E-state index in [2.05, 4.69) is 26.0 Å². The first kappa shape index (κ1) is 16.6. The fourth-order valence-electron chi connectivity index (χ4n) is 1.49. The number of rotatable bonds is 8. The molecule has 0 radical (unpaired) electrons. The molecule has 1 atom stereocenters. The molecule has 0 fully saturated rings. The van der Waals surface area contributed by atoms with Gasteiger partial charge in [0.05, 0.1) is 12.6 Å². The summed E-state index contributed by atoms with van der Waals surface area (Å²) in [7, 11) is -1.84. The summed E-state index contributed by atoms with van der Waals surface area (Å²) >= 11 is 3.12. The summed E-state index contributed by atoms with van der Waals surface area (Å²) in [6.07, 6.45) is -0.178. The van der Waals surface area contributed by atoms with E-state index in [-0.39, 0.29) is 22.2 Å². The molecule has 0 bridgehead atoms. The van der Waals surface area contributed by atoms with Crippen molar-refractivity contribution in [2.24, 2.45) is 0 Å². The molecule has 6 nitrogen and oxygen atoms in total. The minimum absolute atomic E-state index is 0.0986. The lowest BCUT2D eigenvalue weighted by molar-refractivity contribution is 0.0799. The Balaban J connectivity index is 2.76. The van der Waals surface area contributed by atoms with Crippen molar-refractivity contribution in [3.63, 3.8) is 0 Å². The van der Waals surface area contributed by atoms with Crippen LogP contribution >= 0.6 is 15.9 Å². The first-order valence-corrected chi connectivity index (χ1v) is 8.22. The molecule has 1 aromatic rings. The van der Waals surface area contributed by atoms with E-state index in [0.717, 1.165) is 0 Å². The lowest BCUT2D eigenvalue weighted by Gasteiger charge is -2.12. The third-order valence-corrected chi connectivity index (χ3v) is 4.64. The molecule has 0 aliphatic rings. The van der Waals surface area contributed by atoms with Gasteiger partial charge in [-0.15, -0.1) is 0 Å². The molecule has 1 rings (SSSR count). The van der Waals surface area contributed by atoms with Gasteiger partial charge in [-0.2, -0.15) is 0 Å². The van der Waals surface area contributed by atoms with Gasteiger partial charge in [-0.3, -0.25) is 0 Å². The normalized spacial score (nSPS) is 13.7. The van der Waals surface area contributed by atoms with Gasteiger partial charge in [-0.05, 0) is 36.8 Å². The number of furan rings is 1. The molecule has 0 saturated carbocycles. The van der Waals surface area contributed by atoms with Crippen molar-refractivity contribution in [3.8, 4) is 0 Å². The third kappa shape index (κ3) is 4.88. The summed E-state index contributed by atoms with van der Waals surface area (Å²) in [6.45, 7) is 4.90. The van der Waals surface area contributed by atoms with E-state index < -0.39 is 10.0 Å². The van der Waals surface area contributed by atoms with E-state index in [4.69, 9.17) is 9.15 Å². The maximum Gasteiger partial charge on any atom is 0.245 e. The zero-order valence-corrected chi connectivity index (χ0v) is 13.6. The quantitative estimate of drug-likeness (QED) is 0.738. The van der Waals surface area contributed by atoms with E-state index in [0.29, 0.717) is 18.9 Å². The lowest BCUT2D eigenvalue weighted by atomic mass is 10.4. The first-order chi connectivity index (χ1) is 8.90. The van der Waals surface area contributed by atoms with Crippen molar-refractivity contribution in [2.75, 3.05) is 20.2 Å². The van der Waals surface area contributed by atoms with Gasteiger partial charge in [0.15, 0.2) is 4.67 Å². The van der Waals surface area contributed by atoms with Crippen LogP contribution in [0.4, 0.5) is 0 Å². The smallest absolute Gasteiger partial charge is 0.245 e. The largest absolute Gasteiger partial charge is 0.452 e. The van der Waals surface area contributed by atoms with E-state index in [1.165, 1.54) is 6.07 Å². The summed E-state index contributed by atoms with van der Waals surface area (Å²) < 4.78 is 37.5. The summed E-state index contributed by atoms with van der Waals surface area (Å²) in [6, 6.07) is 1.49. The highest BCUT2D eigenvalue weighted by atomic mass is 79.9. The zero-order chi connectivity index (χ0) is 14.5. The minimum Gasteiger partial charge on any atom is -0.452 e. The molecule has 0 amide bonds. The van der Waals surface area contributed by atoms with Crippen LogP contribution in [0.25, 0.3) is 0 Å². The van der Waals surface area contributed by atoms with Crippen molar-refractivity contribution in [1.82, 2.24) is 10.0 Å². The third-order valence-electron chi connectivity index (χ3n) is 2.36. The van der Waals surface area contributed by atoms with Gasteiger partial charge < -0.3 is 14.5 Å². The number of nitrogens with one attached hydrogen (secondary N) is 2. The maximum atomic E-state index is 12.1. The maximum absolute atomic E-state index is 12.1. The Morgan fingerprint density at radius 2 is 2.21 bits per heavy atom. The summed E-state index contributed by atoms with van der Waals surface area (Å²) in [5.41, 5.74) is 0. The highest BCUT2D eigenvalue weighted by Gasteiger charge is 2.22. The van der Waals surface area contributed by atoms with Crippen LogP contribution in [-0.2, 0) is 21.3 Å². The second kappa shape index (κ2) is 7.39. The molecule has 1 unspecified atom stereocenters. The Hall–Kier alpha value is -0.410. The van der Waals surface area contributed by atoms with Crippen molar-refractivity contribution in [2.45, 2.75) is 31.4 Å². The van der Waals surface area contributed by atoms with Crippen LogP contribution in [0.3, 0.4) is 0 Å². The molecule has 1 aromatic heterocycles. The summed E-state index contributed by atoms with van der Waals surface area (Å²) in [5.74, 6) is 0.549. The second-order valence-electron chi connectivity index (χ2n) is 4.00. The Bertz CT molecular complexity index is 501. The molecule has 0 aliphatic heterocycles. The molecular formula is C11H19BrN2O4S. The van der Waals surface area contributed by atoms with Crippen molar-refractivity contribution in [1.29, 1.82) is 0 Å². The monoisotopic (exact) mass is 354 g/mol. The van der Waals surface area contributed by atoms with Gasteiger partial charge in [0, 0.05) is 19.2 Å². The van der Waals surface area contributed by atoms with Crippen LogP contribution in [0, 0.1) is 0 Å². The van der Waals surface area contributed by atoms with Gasteiger partial charge >= 0.3 is 0 Å². The zero-order valence-electron chi connectivity index (χ0n) is 11.2. The van der Waals surface area contributed by atoms with Crippen molar-refractivity contribution >= 4 is 26.0 Å². The average Bonchev–Trinajstić information content (AvgIpc) is 2.70. The van der Waals surface area contributed by atoms with Crippen LogP contribution in [0.2, 0.25) is 0 Å². The molecule has 0 saturated heterocycles. The van der Waals surface area contributed by atoms with Crippen LogP contribution in [0.5, 0.6) is 0 Å². The highest BCUT2D eigenvalue weighted by molar-refractivity contribution is 9.10. The Labute approximate surface area is 122 Å². The predicted octanol–water partition coefficient (Wildman–Crippen LogP) is 1.46. The Kier molecular flexibility index (Phi) is 6.48. The van der Waals surface area contributed by atoms with Gasteiger partial charge in [0.25, 0.3) is 0 Å². The average molecular weight is 355 g/mol. The number of hydrogen-bond acceptors (Lipinski definition) is 5. The summed E-state index contributed by atoms with van der Waals surface area (Å²) in [5, 5.41) is 2.89. The highest BCUT2D eigenvalue weighted by Crippen LogP contribution is 2.25. The van der Waals surface area contributed by atoms with Gasteiger partial charge in [-0.1, -0.05) is 0 Å². The lowest BCUT2D eigenvalue weighted by Crippen LogP contribution is -2.32. The molecular weight excluding hydrogens is 336 g/mol. The molecule has 2 N–H and O–H groups in total. The van der Waals surface area contributed by atoms with Crippen molar-refractivity contribution in [3.05, 3.63) is 16.5 Å². The molecule has 0 spiro atoms. The van der Waals surface area contributed by atoms with Crippen LogP contribution in [0.1, 0.15) is 19.6 Å². The summed E-state index contributed by atoms with van der Waals surface area (Å²) in [4.78, 5) is 0.0986.